The van der Waals surface area contributed by atoms with Gasteiger partial charge in [-0.15, -0.1) is 0 Å². The van der Waals surface area contributed by atoms with E-state index in [1.807, 2.05) is 0 Å². The third kappa shape index (κ3) is 4.21. The molecule has 0 fully saturated rings. The maximum atomic E-state index is 11.7. The highest BCUT2D eigenvalue weighted by molar-refractivity contribution is 5.80. The predicted octanol–water partition coefficient (Wildman–Crippen LogP) is 1.85. The zero-order valence-corrected chi connectivity index (χ0v) is 12.7. The number of imidazole rings is 1. The van der Waals surface area contributed by atoms with Crippen molar-refractivity contribution in [1.29, 1.82) is 0 Å². The van der Waals surface area contributed by atoms with Crippen LogP contribution in [-0.4, -0.2) is 38.2 Å². The van der Waals surface area contributed by atoms with E-state index in [9.17, 15) is 14.7 Å². The Balaban J connectivity index is 2.08. The highest BCUT2D eigenvalue weighted by Crippen LogP contribution is 2.10. The number of aromatic nitrogens is 2. The number of nitrogens with zero attached hydrogens (tertiary/aromatic N) is 2. The maximum Gasteiger partial charge on any atom is 0.408 e. The Hall–Kier alpha value is -2.57. The summed E-state index contributed by atoms with van der Waals surface area (Å²) in [5.41, 5.74) is 0.868. The number of ether oxygens (including phenoxy) is 1. The molecule has 2 aromatic rings. The van der Waals surface area contributed by atoms with Crippen LogP contribution in [0.25, 0.3) is 5.65 Å². The number of hydrogen-bond donors (Lipinski definition) is 2. The molecule has 0 spiro atoms. The smallest absolute Gasteiger partial charge is 0.408 e. The van der Waals surface area contributed by atoms with Crippen LogP contribution >= 0.6 is 0 Å². The summed E-state index contributed by atoms with van der Waals surface area (Å²) in [6.45, 7) is 5.15. The molecule has 7 nitrogen and oxygen atoms in total. The molecule has 2 aromatic heterocycles. The molecule has 0 aliphatic rings. The molecule has 1 atom stereocenters. The standard InChI is InChI=1S/C15H19N3O4/c1-15(2,3)22-14(21)17-11(13(19)20)8-10-4-5-12-16-6-7-18(12)9-10/h4-7,9,11H,8H2,1-3H3,(H,17,21)(H,19,20). The Morgan fingerprint density at radius 1 is 1.41 bits per heavy atom. The van der Waals surface area contributed by atoms with Gasteiger partial charge in [-0.25, -0.2) is 14.6 Å². The zero-order valence-electron chi connectivity index (χ0n) is 12.7. The van der Waals surface area contributed by atoms with Crippen LogP contribution in [0.4, 0.5) is 4.79 Å². The number of rotatable bonds is 4. The van der Waals surface area contributed by atoms with Crippen molar-refractivity contribution in [2.24, 2.45) is 0 Å². The van der Waals surface area contributed by atoms with Crippen molar-refractivity contribution in [2.75, 3.05) is 0 Å². The summed E-state index contributed by atoms with van der Waals surface area (Å²) in [7, 11) is 0. The van der Waals surface area contributed by atoms with E-state index >= 15 is 0 Å². The largest absolute Gasteiger partial charge is 0.480 e. The summed E-state index contributed by atoms with van der Waals surface area (Å²) < 4.78 is 6.88. The molecule has 118 valence electrons. The molecule has 1 amide bonds. The molecule has 2 rings (SSSR count). The maximum absolute atomic E-state index is 11.7. The van der Waals surface area contributed by atoms with Gasteiger partial charge in [0, 0.05) is 25.0 Å². The number of carboxylic acids is 1. The average molecular weight is 305 g/mol. The second kappa shape index (κ2) is 6.05. The van der Waals surface area contributed by atoms with Gasteiger partial charge in [0.2, 0.25) is 0 Å². The van der Waals surface area contributed by atoms with Gasteiger partial charge in [-0.05, 0) is 32.4 Å². The molecule has 0 saturated heterocycles. The van der Waals surface area contributed by atoms with Crippen LogP contribution in [-0.2, 0) is 16.0 Å². The van der Waals surface area contributed by atoms with Crippen molar-refractivity contribution in [1.82, 2.24) is 14.7 Å². The Bertz CT molecular complexity index is 687. The molecular weight excluding hydrogens is 286 g/mol. The minimum absolute atomic E-state index is 0.155. The van der Waals surface area contributed by atoms with Gasteiger partial charge in [0.25, 0.3) is 0 Å². The third-order valence-electron chi connectivity index (χ3n) is 2.88. The Kier molecular flexibility index (Phi) is 4.35. The van der Waals surface area contributed by atoms with E-state index in [0.29, 0.717) is 0 Å². The van der Waals surface area contributed by atoms with Crippen LogP contribution in [0, 0.1) is 0 Å². The predicted molar refractivity (Wildman–Crippen MR) is 79.7 cm³/mol. The molecule has 2 N–H and O–H groups in total. The van der Waals surface area contributed by atoms with Crippen LogP contribution in [0.3, 0.4) is 0 Å². The third-order valence-corrected chi connectivity index (χ3v) is 2.88. The fourth-order valence-corrected chi connectivity index (χ4v) is 1.97. The van der Waals surface area contributed by atoms with Crippen LogP contribution in [0.2, 0.25) is 0 Å². The zero-order chi connectivity index (χ0) is 16.3. The van der Waals surface area contributed by atoms with Crippen LogP contribution in [0.1, 0.15) is 26.3 Å². The number of aliphatic carboxylic acids is 1. The number of fused-ring (bicyclic) bond motifs is 1. The summed E-state index contributed by atoms with van der Waals surface area (Å²) in [6.07, 6.45) is 4.63. The molecule has 0 aromatic carbocycles. The first-order valence-electron chi connectivity index (χ1n) is 6.88. The van der Waals surface area contributed by atoms with E-state index in [2.05, 4.69) is 10.3 Å². The van der Waals surface area contributed by atoms with Crippen molar-refractivity contribution < 1.29 is 19.4 Å². The van der Waals surface area contributed by atoms with Gasteiger partial charge < -0.3 is 19.6 Å². The monoisotopic (exact) mass is 305 g/mol. The lowest BCUT2D eigenvalue weighted by Gasteiger charge is -2.22. The summed E-state index contributed by atoms with van der Waals surface area (Å²) in [5.74, 6) is -1.11. The van der Waals surface area contributed by atoms with E-state index in [4.69, 9.17) is 4.74 Å². The van der Waals surface area contributed by atoms with E-state index in [1.54, 1.807) is 55.9 Å². The lowest BCUT2D eigenvalue weighted by Crippen LogP contribution is -2.44. The lowest BCUT2D eigenvalue weighted by atomic mass is 10.1. The number of hydrogen-bond acceptors (Lipinski definition) is 4. The first-order chi connectivity index (χ1) is 10.2. The molecule has 2 heterocycles. The molecule has 0 radical (unpaired) electrons. The van der Waals surface area contributed by atoms with Crippen molar-refractivity contribution >= 4 is 17.7 Å². The van der Waals surface area contributed by atoms with Gasteiger partial charge in [0.15, 0.2) is 0 Å². The molecule has 0 aliphatic heterocycles. The van der Waals surface area contributed by atoms with E-state index in [1.165, 1.54) is 0 Å². The quantitative estimate of drug-likeness (QED) is 0.899. The fourth-order valence-electron chi connectivity index (χ4n) is 1.97. The summed E-state index contributed by atoms with van der Waals surface area (Å²) in [4.78, 5) is 27.2. The molecule has 1 unspecified atom stereocenters. The molecule has 0 saturated carbocycles. The minimum Gasteiger partial charge on any atom is -0.480 e. The molecular formula is C15H19N3O4. The first kappa shape index (κ1) is 15.8. The fraction of sp³-hybridized carbons (Fsp3) is 0.400. The molecule has 0 bridgehead atoms. The van der Waals surface area contributed by atoms with Gasteiger partial charge >= 0.3 is 12.1 Å². The SMILES string of the molecule is CC(C)(C)OC(=O)NC(Cc1ccc2nccn2c1)C(=O)O. The first-order valence-corrected chi connectivity index (χ1v) is 6.88. The number of nitrogens with one attached hydrogen (secondary N) is 1. The summed E-state index contributed by atoms with van der Waals surface area (Å²) in [6, 6.07) is 2.52. The minimum atomic E-state index is -1.11. The number of pyridine rings is 1. The molecule has 0 aliphatic carbocycles. The Labute approximate surface area is 127 Å². The second-order valence-electron chi connectivity index (χ2n) is 5.97. The van der Waals surface area contributed by atoms with Gasteiger partial charge in [0.05, 0.1) is 0 Å². The van der Waals surface area contributed by atoms with E-state index in [-0.39, 0.29) is 6.42 Å². The second-order valence-corrected chi connectivity index (χ2v) is 5.97. The Morgan fingerprint density at radius 3 is 2.77 bits per heavy atom. The van der Waals surface area contributed by atoms with E-state index < -0.39 is 23.7 Å². The van der Waals surface area contributed by atoms with Crippen LogP contribution < -0.4 is 5.32 Å². The highest BCUT2D eigenvalue weighted by Gasteiger charge is 2.24. The van der Waals surface area contributed by atoms with Gasteiger partial charge in [-0.1, -0.05) is 6.07 Å². The highest BCUT2D eigenvalue weighted by atomic mass is 16.6. The Morgan fingerprint density at radius 2 is 2.14 bits per heavy atom. The number of alkyl carbamates (subject to hydrolysis) is 1. The number of carboxylic acid groups (broad SMARTS) is 1. The van der Waals surface area contributed by atoms with Crippen LogP contribution in [0.15, 0.2) is 30.7 Å². The van der Waals surface area contributed by atoms with Gasteiger partial charge in [0.1, 0.15) is 17.3 Å². The normalized spacial score (nSPS) is 12.9. The number of carbonyl (C=O) groups excluding carboxylic acids is 1. The van der Waals surface area contributed by atoms with E-state index in [0.717, 1.165) is 11.2 Å². The van der Waals surface area contributed by atoms with Crippen molar-refractivity contribution in [3.8, 4) is 0 Å². The average Bonchev–Trinajstić information content (AvgIpc) is 2.82. The topological polar surface area (TPSA) is 92.9 Å². The van der Waals surface area contributed by atoms with Crippen molar-refractivity contribution in [3.05, 3.63) is 36.3 Å². The van der Waals surface area contributed by atoms with Crippen molar-refractivity contribution in [3.63, 3.8) is 0 Å². The molecule has 22 heavy (non-hydrogen) atoms. The molecule has 7 heteroatoms. The van der Waals surface area contributed by atoms with Crippen molar-refractivity contribution in [2.45, 2.75) is 38.8 Å². The summed E-state index contributed by atoms with van der Waals surface area (Å²) >= 11 is 0. The van der Waals surface area contributed by atoms with Gasteiger partial charge in [-0.3, -0.25) is 0 Å². The summed E-state index contributed by atoms with van der Waals surface area (Å²) in [5, 5.41) is 11.6. The number of carbonyl (C=O) groups is 2. The lowest BCUT2D eigenvalue weighted by molar-refractivity contribution is -0.139. The van der Waals surface area contributed by atoms with Gasteiger partial charge in [-0.2, -0.15) is 0 Å². The van der Waals surface area contributed by atoms with Crippen LogP contribution in [0.5, 0.6) is 0 Å². The number of amides is 1.